The average Bonchev–Trinajstić information content (AvgIpc) is 3.04. The minimum atomic E-state index is 0.586. The number of rotatable bonds is 2. The zero-order valence-corrected chi connectivity index (χ0v) is 8.77. The van der Waals surface area contributed by atoms with Crippen LogP contribution < -0.4 is 4.74 Å². The molecule has 78 valence electrons. The fraction of sp³-hybridized carbons (Fsp3) is 0.500. The van der Waals surface area contributed by atoms with Crippen LogP contribution in [0.5, 0.6) is 5.88 Å². The smallest absolute Gasteiger partial charge is 0.244 e. The van der Waals surface area contributed by atoms with E-state index in [1.165, 1.54) is 12.8 Å². The lowest BCUT2D eigenvalue weighted by Crippen LogP contribution is -1.93. The van der Waals surface area contributed by atoms with Gasteiger partial charge in [-0.25, -0.2) is 0 Å². The van der Waals surface area contributed by atoms with Crippen LogP contribution in [0.4, 0.5) is 0 Å². The fourth-order valence-corrected chi connectivity index (χ4v) is 1.90. The number of methoxy groups -OCH3 is 1. The molecule has 2 aromatic heterocycles. The quantitative estimate of drug-likeness (QED) is 0.738. The van der Waals surface area contributed by atoms with Crippen molar-refractivity contribution < 1.29 is 4.74 Å². The van der Waals surface area contributed by atoms with E-state index >= 15 is 0 Å². The molecule has 0 unspecified atom stereocenters. The number of nitrogens with zero attached hydrogens (tertiary/aromatic N) is 4. The Morgan fingerprint density at radius 2 is 2.27 bits per heavy atom. The number of ether oxygens (including phenoxy) is 1. The molecule has 1 fully saturated rings. The van der Waals surface area contributed by atoms with E-state index in [1.54, 1.807) is 13.3 Å². The molecular weight excluding hydrogens is 192 g/mol. The summed E-state index contributed by atoms with van der Waals surface area (Å²) in [6.45, 7) is 0. The van der Waals surface area contributed by atoms with Gasteiger partial charge in [-0.3, -0.25) is 4.68 Å². The van der Waals surface area contributed by atoms with Crippen molar-refractivity contribution >= 4 is 10.9 Å². The van der Waals surface area contributed by atoms with Crippen molar-refractivity contribution in [3.05, 3.63) is 11.9 Å². The van der Waals surface area contributed by atoms with Gasteiger partial charge in [0.1, 0.15) is 0 Å². The Bertz CT molecular complexity index is 515. The van der Waals surface area contributed by atoms with Gasteiger partial charge in [0.05, 0.1) is 29.9 Å². The summed E-state index contributed by atoms with van der Waals surface area (Å²) in [7, 11) is 3.54. The van der Waals surface area contributed by atoms with E-state index in [4.69, 9.17) is 4.74 Å². The summed E-state index contributed by atoms with van der Waals surface area (Å²) in [5, 5.41) is 13.4. The first kappa shape index (κ1) is 8.64. The lowest BCUT2D eigenvalue weighted by atomic mass is 10.2. The summed E-state index contributed by atoms with van der Waals surface area (Å²) in [6, 6.07) is 0. The zero-order chi connectivity index (χ0) is 10.4. The Morgan fingerprint density at radius 1 is 1.47 bits per heavy atom. The Morgan fingerprint density at radius 3 is 2.93 bits per heavy atom. The van der Waals surface area contributed by atoms with Crippen LogP contribution in [0.25, 0.3) is 10.9 Å². The molecule has 0 N–H and O–H groups in total. The van der Waals surface area contributed by atoms with Gasteiger partial charge in [-0.15, -0.1) is 5.10 Å². The molecule has 0 radical (unpaired) electrons. The van der Waals surface area contributed by atoms with Gasteiger partial charge in [0.25, 0.3) is 0 Å². The Kier molecular flexibility index (Phi) is 1.68. The molecule has 5 heteroatoms. The molecule has 1 saturated carbocycles. The SMILES string of the molecule is COc1nncc2c1c(C1CC1)nn2C. The van der Waals surface area contributed by atoms with Crippen LogP contribution >= 0.6 is 0 Å². The maximum atomic E-state index is 5.23. The Labute approximate surface area is 87.1 Å². The maximum absolute atomic E-state index is 5.23. The van der Waals surface area contributed by atoms with Gasteiger partial charge in [-0.05, 0) is 12.8 Å². The lowest BCUT2D eigenvalue weighted by Gasteiger charge is -1.99. The van der Waals surface area contributed by atoms with E-state index in [1.807, 2.05) is 11.7 Å². The zero-order valence-electron chi connectivity index (χ0n) is 8.77. The molecule has 0 bridgehead atoms. The molecule has 5 nitrogen and oxygen atoms in total. The molecule has 0 spiro atoms. The molecule has 1 aliphatic rings. The summed E-state index contributed by atoms with van der Waals surface area (Å²) in [6.07, 6.45) is 4.17. The molecule has 3 rings (SSSR count). The van der Waals surface area contributed by atoms with E-state index in [2.05, 4.69) is 15.3 Å². The molecule has 0 saturated heterocycles. The topological polar surface area (TPSA) is 52.8 Å². The van der Waals surface area contributed by atoms with Crippen molar-refractivity contribution in [1.82, 2.24) is 20.0 Å². The minimum Gasteiger partial charge on any atom is -0.479 e. The van der Waals surface area contributed by atoms with Crippen molar-refractivity contribution in [1.29, 1.82) is 0 Å². The number of aryl methyl sites for hydroxylation is 1. The van der Waals surface area contributed by atoms with Gasteiger partial charge >= 0.3 is 0 Å². The highest BCUT2D eigenvalue weighted by molar-refractivity contribution is 5.86. The molecule has 0 aliphatic heterocycles. The van der Waals surface area contributed by atoms with Crippen LogP contribution in [-0.2, 0) is 7.05 Å². The molecule has 1 aliphatic carbocycles. The van der Waals surface area contributed by atoms with Crippen molar-refractivity contribution in [2.24, 2.45) is 7.05 Å². The van der Waals surface area contributed by atoms with E-state index in [0.29, 0.717) is 11.8 Å². The Hall–Kier alpha value is -1.65. The third-order valence-corrected chi connectivity index (χ3v) is 2.82. The van der Waals surface area contributed by atoms with Gasteiger partial charge in [0.15, 0.2) is 0 Å². The second-order valence-electron chi connectivity index (χ2n) is 3.90. The van der Waals surface area contributed by atoms with Gasteiger partial charge < -0.3 is 4.74 Å². The minimum absolute atomic E-state index is 0.586. The number of fused-ring (bicyclic) bond motifs is 1. The van der Waals surface area contributed by atoms with Gasteiger partial charge in [-0.1, -0.05) is 0 Å². The van der Waals surface area contributed by atoms with Crippen molar-refractivity contribution in [3.63, 3.8) is 0 Å². The third kappa shape index (κ3) is 1.19. The standard InChI is InChI=1S/C10H12N4O/c1-14-7-5-11-12-10(15-2)8(7)9(13-14)6-3-4-6/h5-6H,3-4H2,1-2H3. The van der Waals surface area contributed by atoms with Crippen LogP contribution in [0.3, 0.4) is 0 Å². The Balaban J connectivity index is 2.34. The first-order valence-corrected chi connectivity index (χ1v) is 5.03. The number of hydrogen-bond acceptors (Lipinski definition) is 4. The first-order chi connectivity index (χ1) is 7.31. The van der Waals surface area contributed by atoms with E-state index in [9.17, 15) is 0 Å². The van der Waals surface area contributed by atoms with Gasteiger partial charge in [0.2, 0.25) is 5.88 Å². The monoisotopic (exact) mass is 204 g/mol. The van der Waals surface area contributed by atoms with E-state index < -0.39 is 0 Å². The lowest BCUT2D eigenvalue weighted by molar-refractivity contribution is 0.397. The van der Waals surface area contributed by atoms with Crippen LogP contribution in [0.1, 0.15) is 24.5 Å². The molecule has 0 atom stereocenters. The molecule has 0 aromatic carbocycles. The van der Waals surface area contributed by atoms with Crippen LogP contribution in [0.2, 0.25) is 0 Å². The number of hydrogen-bond donors (Lipinski definition) is 0. The highest BCUT2D eigenvalue weighted by atomic mass is 16.5. The van der Waals surface area contributed by atoms with Crippen molar-refractivity contribution in [3.8, 4) is 5.88 Å². The van der Waals surface area contributed by atoms with Gasteiger partial charge in [0, 0.05) is 13.0 Å². The van der Waals surface area contributed by atoms with E-state index in [-0.39, 0.29) is 0 Å². The van der Waals surface area contributed by atoms with Crippen LogP contribution in [0, 0.1) is 0 Å². The van der Waals surface area contributed by atoms with Gasteiger partial charge in [-0.2, -0.15) is 10.2 Å². The maximum Gasteiger partial charge on any atom is 0.244 e. The van der Waals surface area contributed by atoms with Crippen molar-refractivity contribution in [2.75, 3.05) is 7.11 Å². The predicted molar refractivity (Wildman–Crippen MR) is 54.8 cm³/mol. The first-order valence-electron chi connectivity index (χ1n) is 5.03. The molecule has 15 heavy (non-hydrogen) atoms. The van der Waals surface area contributed by atoms with Crippen LogP contribution in [-0.4, -0.2) is 27.1 Å². The van der Waals surface area contributed by atoms with E-state index in [0.717, 1.165) is 16.6 Å². The van der Waals surface area contributed by atoms with Crippen LogP contribution in [0.15, 0.2) is 6.20 Å². The molecule has 2 heterocycles. The summed E-state index contributed by atoms with van der Waals surface area (Å²) in [4.78, 5) is 0. The summed E-state index contributed by atoms with van der Waals surface area (Å²) in [5.41, 5.74) is 2.10. The number of aromatic nitrogens is 4. The molecule has 0 amide bonds. The summed E-state index contributed by atoms with van der Waals surface area (Å²) >= 11 is 0. The predicted octanol–water partition coefficient (Wildman–Crippen LogP) is 1.25. The largest absolute Gasteiger partial charge is 0.479 e. The second-order valence-corrected chi connectivity index (χ2v) is 3.90. The molecule has 2 aromatic rings. The third-order valence-electron chi connectivity index (χ3n) is 2.82. The normalized spacial score (nSPS) is 15.9. The van der Waals surface area contributed by atoms with Crippen molar-refractivity contribution in [2.45, 2.75) is 18.8 Å². The fourth-order valence-electron chi connectivity index (χ4n) is 1.90. The summed E-state index contributed by atoms with van der Waals surface area (Å²) in [5.74, 6) is 1.18. The molecular formula is C10H12N4O. The average molecular weight is 204 g/mol. The second kappa shape index (κ2) is 2.92. The highest BCUT2D eigenvalue weighted by Crippen LogP contribution is 2.43. The highest BCUT2D eigenvalue weighted by Gasteiger charge is 2.30. The summed E-state index contributed by atoms with van der Waals surface area (Å²) < 4.78 is 7.08.